The second-order valence-corrected chi connectivity index (χ2v) is 5.68. The molecule has 0 fully saturated rings. The van der Waals surface area contributed by atoms with Crippen molar-refractivity contribution in [3.8, 4) is 0 Å². The predicted molar refractivity (Wildman–Crippen MR) is 84.8 cm³/mol. The molecule has 1 aromatic carbocycles. The molecule has 2 aromatic rings. The number of carbonyl (C=O) groups excluding carboxylic acids is 2. The zero-order chi connectivity index (χ0) is 16.6. The minimum Gasteiger partial charge on any atom is -0.464 e. The fraction of sp³-hybridized carbons (Fsp3) is 0.294. The zero-order valence-corrected chi connectivity index (χ0v) is 13.4. The van der Waals surface area contributed by atoms with Gasteiger partial charge in [-0.1, -0.05) is 24.3 Å². The molecule has 0 aliphatic carbocycles. The van der Waals surface area contributed by atoms with Gasteiger partial charge in [0.15, 0.2) is 0 Å². The van der Waals surface area contributed by atoms with Crippen LogP contribution in [0.4, 0.5) is 0 Å². The fourth-order valence-electron chi connectivity index (χ4n) is 3.01. The van der Waals surface area contributed by atoms with Crippen LogP contribution < -0.4 is 5.43 Å². The van der Waals surface area contributed by atoms with Crippen LogP contribution in [0.2, 0.25) is 0 Å². The average Bonchev–Trinajstić information content (AvgIpc) is 3.06. The molecule has 120 valence electrons. The highest BCUT2D eigenvalue weighted by Gasteiger charge is 2.25. The van der Waals surface area contributed by atoms with Gasteiger partial charge >= 0.3 is 5.97 Å². The number of aromatic nitrogens is 1. The number of esters is 1. The third kappa shape index (κ3) is 2.73. The highest BCUT2D eigenvalue weighted by Crippen LogP contribution is 2.22. The molecule has 1 aromatic heterocycles. The number of hydrogen-bond acceptors (Lipinski definition) is 4. The van der Waals surface area contributed by atoms with E-state index in [1.165, 1.54) is 18.2 Å². The van der Waals surface area contributed by atoms with E-state index in [0.717, 1.165) is 0 Å². The molecule has 1 amide bonds. The first kappa shape index (κ1) is 15.3. The first-order valence-corrected chi connectivity index (χ1v) is 7.41. The lowest BCUT2D eigenvalue weighted by Crippen LogP contribution is -2.38. The van der Waals surface area contributed by atoms with Gasteiger partial charge < -0.3 is 9.72 Å². The Morgan fingerprint density at radius 3 is 2.35 bits per heavy atom. The van der Waals surface area contributed by atoms with Crippen LogP contribution in [-0.4, -0.2) is 29.0 Å². The largest absolute Gasteiger partial charge is 0.464 e. The summed E-state index contributed by atoms with van der Waals surface area (Å²) >= 11 is 0. The summed E-state index contributed by atoms with van der Waals surface area (Å²) in [6.07, 6.45) is 0. The van der Waals surface area contributed by atoms with Gasteiger partial charge in [0, 0.05) is 18.8 Å². The molecule has 0 bridgehead atoms. The number of H-pyrrole nitrogens is 1. The van der Waals surface area contributed by atoms with Crippen LogP contribution in [0.3, 0.4) is 0 Å². The fourth-order valence-corrected chi connectivity index (χ4v) is 3.01. The lowest BCUT2D eigenvalue weighted by atomic mass is 10.1. The molecule has 0 atom stereocenters. The van der Waals surface area contributed by atoms with E-state index in [4.69, 9.17) is 4.74 Å². The maximum atomic E-state index is 12.6. The van der Waals surface area contributed by atoms with Crippen molar-refractivity contribution in [3.05, 3.63) is 57.9 Å². The minimum atomic E-state index is -0.474. The third-order valence-corrected chi connectivity index (χ3v) is 4.15. The van der Waals surface area contributed by atoms with Crippen molar-refractivity contribution in [2.45, 2.75) is 26.9 Å². The normalized spacial score (nSPS) is 13.7. The van der Waals surface area contributed by atoms with Gasteiger partial charge in [-0.05, 0) is 30.5 Å². The number of methoxy groups -OCH3 is 1. The monoisotopic (exact) mass is 313 g/mol. The average molecular weight is 313 g/mol. The summed E-state index contributed by atoms with van der Waals surface area (Å²) in [5.41, 5.74) is 7.40. The SMILES string of the molecule is COC(=O)c1[nH]c(C)c(C(=O)NN2Cc3ccccc3C2)c1C. The highest BCUT2D eigenvalue weighted by molar-refractivity contribution is 6.01. The molecule has 0 saturated heterocycles. The Hall–Kier alpha value is -2.60. The van der Waals surface area contributed by atoms with Crippen LogP contribution in [0.1, 0.15) is 43.2 Å². The predicted octanol–water partition coefficient (Wildman–Crippen LogP) is 2.08. The number of benzene rings is 1. The van der Waals surface area contributed by atoms with Crippen molar-refractivity contribution in [1.82, 2.24) is 15.4 Å². The Labute approximate surface area is 134 Å². The number of amides is 1. The van der Waals surface area contributed by atoms with E-state index >= 15 is 0 Å². The molecule has 3 rings (SSSR count). The third-order valence-electron chi connectivity index (χ3n) is 4.15. The molecule has 6 heteroatoms. The van der Waals surface area contributed by atoms with Gasteiger partial charge in [0.25, 0.3) is 5.91 Å². The van der Waals surface area contributed by atoms with Crippen LogP contribution in [0.5, 0.6) is 0 Å². The number of fused-ring (bicyclic) bond motifs is 1. The Morgan fingerprint density at radius 1 is 1.17 bits per heavy atom. The summed E-state index contributed by atoms with van der Waals surface area (Å²) in [7, 11) is 1.32. The van der Waals surface area contributed by atoms with Gasteiger partial charge in [-0.2, -0.15) is 0 Å². The Bertz CT molecular complexity index is 754. The molecule has 2 N–H and O–H groups in total. The number of aromatic amines is 1. The smallest absolute Gasteiger partial charge is 0.354 e. The van der Waals surface area contributed by atoms with E-state index in [9.17, 15) is 9.59 Å². The first-order valence-electron chi connectivity index (χ1n) is 7.41. The van der Waals surface area contributed by atoms with Gasteiger partial charge in [0.2, 0.25) is 0 Å². The van der Waals surface area contributed by atoms with Crippen LogP contribution in [0.25, 0.3) is 0 Å². The number of carbonyl (C=O) groups is 2. The van der Waals surface area contributed by atoms with E-state index < -0.39 is 5.97 Å². The van der Waals surface area contributed by atoms with Gasteiger partial charge in [0.05, 0.1) is 12.7 Å². The number of nitrogens with zero attached hydrogens (tertiary/aromatic N) is 1. The van der Waals surface area contributed by atoms with Crippen LogP contribution in [0, 0.1) is 13.8 Å². The lowest BCUT2D eigenvalue weighted by molar-refractivity contribution is 0.0594. The molecule has 0 unspecified atom stereocenters. The molecule has 0 spiro atoms. The van der Waals surface area contributed by atoms with Gasteiger partial charge in [-0.15, -0.1) is 0 Å². The summed E-state index contributed by atoms with van der Waals surface area (Å²) in [5.74, 6) is -0.697. The van der Waals surface area contributed by atoms with Crippen molar-refractivity contribution in [2.24, 2.45) is 0 Å². The van der Waals surface area contributed by atoms with E-state index in [2.05, 4.69) is 22.5 Å². The number of hydrogen-bond donors (Lipinski definition) is 2. The Kier molecular flexibility index (Phi) is 3.92. The molecule has 1 aliphatic heterocycles. The summed E-state index contributed by atoms with van der Waals surface area (Å²) in [4.78, 5) is 27.2. The van der Waals surface area contributed by atoms with Crippen molar-refractivity contribution >= 4 is 11.9 Å². The quantitative estimate of drug-likeness (QED) is 0.851. The minimum absolute atomic E-state index is 0.223. The molecule has 2 heterocycles. The van der Waals surface area contributed by atoms with Crippen molar-refractivity contribution in [1.29, 1.82) is 0 Å². The Morgan fingerprint density at radius 2 is 1.78 bits per heavy atom. The summed E-state index contributed by atoms with van der Waals surface area (Å²) in [6, 6.07) is 8.10. The second kappa shape index (κ2) is 5.89. The summed E-state index contributed by atoms with van der Waals surface area (Å²) in [6.45, 7) is 4.86. The van der Waals surface area contributed by atoms with Crippen molar-refractivity contribution in [3.63, 3.8) is 0 Å². The summed E-state index contributed by atoms with van der Waals surface area (Å²) in [5, 5.41) is 1.87. The zero-order valence-electron chi connectivity index (χ0n) is 13.4. The van der Waals surface area contributed by atoms with E-state index in [-0.39, 0.29) is 5.91 Å². The molecule has 23 heavy (non-hydrogen) atoms. The van der Waals surface area contributed by atoms with Crippen LogP contribution in [-0.2, 0) is 17.8 Å². The second-order valence-electron chi connectivity index (χ2n) is 5.68. The molecular weight excluding hydrogens is 294 g/mol. The molecule has 0 radical (unpaired) electrons. The Balaban J connectivity index is 1.78. The van der Waals surface area contributed by atoms with Crippen molar-refractivity contribution < 1.29 is 14.3 Å². The molecule has 0 saturated carbocycles. The van der Waals surface area contributed by atoms with Gasteiger partial charge in [-0.3, -0.25) is 10.2 Å². The van der Waals surface area contributed by atoms with E-state index in [1.54, 1.807) is 13.8 Å². The first-order chi connectivity index (χ1) is 11.0. The number of rotatable bonds is 3. The van der Waals surface area contributed by atoms with Gasteiger partial charge in [-0.25, -0.2) is 9.80 Å². The number of aryl methyl sites for hydroxylation is 1. The molecule has 1 aliphatic rings. The molecular formula is C17H19N3O3. The maximum absolute atomic E-state index is 12.6. The van der Waals surface area contributed by atoms with E-state index in [1.807, 2.05) is 17.1 Å². The van der Waals surface area contributed by atoms with Crippen LogP contribution >= 0.6 is 0 Å². The maximum Gasteiger partial charge on any atom is 0.354 e. The standard InChI is InChI=1S/C17H19N3O3/c1-10-14(11(2)18-15(10)17(22)23-3)16(21)19-20-8-12-6-4-5-7-13(12)9-20/h4-7,18H,8-9H2,1-3H3,(H,19,21). The lowest BCUT2D eigenvalue weighted by Gasteiger charge is -2.16. The van der Waals surface area contributed by atoms with Gasteiger partial charge in [0.1, 0.15) is 5.69 Å². The summed E-state index contributed by atoms with van der Waals surface area (Å²) < 4.78 is 4.73. The van der Waals surface area contributed by atoms with E-state index in [0.29, 0.717) is 35.6 Å². The topological polar surface area (TPSA) is 74.4 Å². The number of nitrogens with one attached hydrogen (secondary N) is 2. The molecule has 6 nitrogen and oxygen atoms in total. The number of ether oxygens (including phenoxy) is 1. The highest BCUT2D eigenvalue weighted by atomic mass is 16.5. The van der Waals surface area contributed by atoms with Crippen molar-refractivity contribution in [2.75, 3.05) is 7.11 Å². The number of hydrazine groups is 1. The van der Waals surface area contributed by atoms with Crippen LogP contribution in [0.15, 0.2) is 24.3 Å².